The Hall–Kier alpha value is -0.220. The first kappa shape index (κ1) is 15.8. The summed E-state index contributed by atoms with van der Waals surface area (Å²) in [7, 11) is 0. The zero-order valence-corrected chi connectivity index (χ0v) is 11.8. The zero-order chi connectivity index (χ0) is 12.8. The third kappa shape index (κ3) is 6.38. The molecule has 0 radical (unpaired) electrons. The van der Waals surface area contributed by atoms with E-state index in [1.165, 1.54) is 0 Å². The predicted molar refractivity (Wildman–Crippen MR) is 72.4 cm³/mol. The molecule has 0 aliphatic carbocycles. The molecule has 0 fully saturated rings. The minimum absolute atomic E-state index is 0.407. The summed E-state index contributed by atoms with van der Waals surface area (Å²) in [5.41, 5.74) is 10.1. The molecular formula is C12H26N2OS. The van der Waals surface area contributed by atoms with Gasteiger partial charge in [0.1, 0.15) is 0 Å². The topological polar surface area (TPSA) is 69.1 Å². The van der Waals surface area contributed by atoms with Crippen LogP contribution in [0.25, 0.3) is 0 Å². The number of carbonyl (C=O) groups excluding carboxylic acids is 1. The van der Waals surface area contributed by atoms with Crippen LogP contribution in [-0.2, 0) is 4.79 Å². The lowest BCUT2D eigenvalue weighted by Crippen LogP contribution is -2.49. The van der Waals surface area contributed by atoms with Crippen molar-refractivity contribution in [1.29, 1.82) is 0 Å². The molecule has 0 saturated heterocycles. The first-order valence-corrected chi connectivity index (χ1v) is 7.02. The number of nitrogens with two attached hydrogens (primary N) is 2. The first-order chi connectivity index (χ1) is 7.27. The van der Waals surface area contributed by atoms with Gasteiger partial charge in [-0.3, -0.25) is 4.79 Å². The molecule has 0 heterocycles. The number of thioether (sulfide) groups is 1. The van der Waals surface area contributed by atoms with Gasteiger partial charge in [-0.1, -0.05) is 27.2 Å². The van der Waals surface area contributed by atoms with Crippen LogP contribution in [0.2, 0.25) is 0 Å². The van der Waals surface area contributed by atoms with E-state index in [0.717, 1.165) is 24.5 Å². The molecule has 4 heteroatoms. The molecule has 2 unspecified atom stereocenters. The molecule has 96 valence electrons. The second-order valence-electron chi connectivity index (χ2n) is 5.06. The Labute approximate surface area is 104 Å². The van der Waals surface area contributed by atoms with Crippen molar-refractivity contribution in [1.82, 2.24) is 0 Å². The summed E-state index contributed by atoms with van der Waals surface area (Å²) in [4.78, 5) is 11.0. The normalized spacial score (nSPS) is 17.1. The van der Waals surface area contributed by atoms with Crippen molar-refractivity contribution >= 4 is 17.7 Å². The highest BCUT2D eigenvalue weighted by Crippen LogP contribution is 2.21. The summed E-state index contributed by atoms with van der Waals surface area (Å²) in [6.45, 7) is 8.44. The van der Waals surface area contributed by atoms with Gasteiger partial charge in [0.15, 0.2) is 0 Å². The SMILES string of the molecule is CC(C)C(C)SCCCCC(C)(N)C(N)=O. The molecule has 0 saturated carbocycles. The third-order valence-electron chi connectivity index (χ3n) is 2.97. The summed E-state index contributed by atoms with van der Waals surface area (Å²) >= 11 is 1.99. The van der Waals surface area contributed by atoms with Crippen LogP contribution in [0.3, 0.4) is 0 Å². The summed E-state index contributed by atoms with van der Waals surface area (Å²) < 4.78 is 0. The summed E-state index contributed by atoms with van der Waals surface area (Å²) in [5, 5.41) is 0.695. The van der Waals surface area contributed by atoms with Gasteiger partial charge in [-0.2, -0.15) is 11.8 Å². The van der Waals surface area contributed by atoms with Gasteiger partial charge in [0.25, 0.3) is 0 Å². The van der Waals surface area contributed by atoms with Crippen LogP contribution in [0.4, 0.5) is 0 Å². The van der Waals surface area contributed by atoms with Crippen molar-refractivity contribution in [2.45, 2.75) is 57.7 Å². The quantitative estimate of drug-likeness (QED) is 0.645. The molecular weight excluding hydrogens is 220 g/mol. The van der Waals surface area contributed by atoms with E-state index in [1.807, 2.05) is 11.8 Å². The molecule has 0 spiro atoms. The minimum Gasteiger partial charge on any atom is -0.368 e. The largest absolute Gasteiger partial charge is 0.368 e. The van der Waals surface area contributed by atoms with Crippen LogP contribution < -0.4 is 11.5 Å². The Balaban J connectivity index is 3.58. The maximum absolute atomic E-state index is 11.0. The number of hydrogen-bond donors (Lipinski definition) is 2. The van der Waals surface area contributed by atoms with Crippen molar-refractivity contribution in [3.05, 3.63) is 0 Å². The average molecular weight is 246 g/mol. The van der Waals surface area contributed by atoms with Gasteiger partial charge in [0, 0.05) is 5.25 Å². The van der Waals surface area contributed by atoms with Crippen molar-refractivity contribution < 1.29 is 4.79 Å². The fraction of sp³-hybridized carbons (Fsp3) is 0.917. The molecule has 0 aromatic rings. The molecule has 4 N–H and O–H groups in total. The van der Waals surface area contributed by atoms with Gasteiger partial charge in [-0.15, -0.1) is 0 Å². The zero-order valence-electron chi connectivity index (χ0n) is 11.0. The van der Waals surface area contributed by atoms with Gasteiger partial charge in [0.2, 0.25) is 5.91 Å². The number of hydrogen-bond acceptors (Lipinski definition) is 3. The fourth-order valence-corrected chi connectivity index (χ4v) is 2.31. The van der Waals surface area contributed by atoms with Crippen LogP contribution in [0.5, 0.6) is 0 Å². The first-order valence-electron chi connectivity index (χ1n) is 5.97. The molecule has 3 nitrogen and oxygen atoms in total. The van der Waals surface area contributed by atoms with Crippen molar-refractivity contribution in [2.24, 2.45) is 17.4 Å². The van der Waals surface area contributed by atoms with Crippen molar-refractivity contribution in [2.75, 3.05) is 5.75 Å². The predicted octanol–water partition coefficient (Wildman–Crippen LogP) is 2.14. The van der Waals surface area contributed by atoms with Gasteiger partial charge >= 0.3 is 0 Å². The Morgan fingerprint density at radius 1 is 1.31 bits per heavy atom. The highest BCUT2D eigenvalue weighted by atomic mass is 32.2. The van der Waals surface area contributed by atoms with E-state index < -0.39 is 11.4 Å². The van der Waals surface area contributed by atoms with Crippen molar-refractivity contribution in [3.63, 3.8) is 0 Å². The summed E-state index contributed by atoms with van der Waals surface area (Å²) in [6, 6.07) is 0. The monoisotopic (exact) mass is 246 g/mol. The molecule has 0 aliphatic rings. The Morgan fingerprint density at radius 3 is 2.31 bits per heavy atom. The fourth-order valence-electron chi connectivity index (χ4n) is 1.18. The lowest BCUT2D eigenvalue weighted by molar-refractivity contribution is -0.122. The van der Waals surface area contributed by atoms with Crippen molar-refractivity contribution in [3.8, 4) is 0 Å². The maximum Gasteiger partial charge on any atom is 0.237 e. The second kappa shape index (κ2) is 7.17. The van der Waals surface area contributed by atoms with E-state index in [-0.39, 0.29) is 0 Å². The molecule has 0 aromatic heterocycles. The Morgan fingerprint density at radius 2 is 1.88 bits per heavy atom. The molecule has 1 amide bonds. The van der Waals surface area contributed by atoms with Crippen LogP contribution in [0.15, 0.2) is 0 Å². The lowest BCUT2D eigenvalue weighted by Gasteiger charge is -2.20. The van der Waals surface area contributed by atoms with Gasteiger partial charge in [-0.25, -0.2) is 0 Å². The van der Waals surface area contributed by atoms with Crippen LogP contribution in [-0.4, -0.2) is 22.4 Å². The second-order valence-corrected chi connectivity index (χ2v) is 6.54. The number of rotatable bonds is 8. The van der Waals surface area contributed by atoms with Gasteiger partial charge in [-0.05, 0) is 31.4 Å². The number of unbranched alkanes of at least 4 members (excludes halogenated alkanes) is 1. The summed E-state index contributed by atoms with van der Waals surface area (Å²) in [5.74, 6) is 1.44. The average Bonchev–Trinajstić information content (AvgIpc) is 2.16. The van der Waals surface area contributed by atoms with Gasteiger partial charge < -0.3 is 11.5 Å². The van der Waals surface area contributed by atoms with E-state index >= 15 is 0 Å². The van der Waals surface area contributed by atoms with Crippen LogP contribution >= 0.6 is 11.8 Å². The van der Waals surface area contributed by atoms with E-state index in [4.69, 9.17) is 11.5 Å². The number of primary amides is 1. The molecule has 2 atom stereocenters. The van der Waals surface area contributed by atoms with Crippen LogP contribution in [0.1, 0.15) is 47.0 Å². The molecule has 0 aliphatic heterocycles. The van der Waals surface area contributed by atoms with E-state index in [9.17, 15) is 4.79 Å². The van der Waals surface area contributed by atoms with Crippen LogP contribution in [0, 0.1) is 5.92 Å². The highest BCUT2D eigenvalue weighted by Gasteiger charge is 2.24. The molecule has 0 bridgehead atoms. The smallest absolute Gasteiger partial charge is 0.237 e. The Kier molecular flexibility index (Phi) is 7.07. The molecule has 0 rings (SSSR count). The Bertz CT molecular complexity index is 217. The maximum atomic E-state index is 11.0. The lowest BCUT2D eigenvalue weighted by atomic mass is 9.96. The number of carbonyl (C=O) groups is 1. The van der Waals surface area contributed by atoms with E-state index in [2.05, 4.69) is 20.8 Å². The van der Waals surface area contributed by atoms with Gasteiger partial charge in [0.05, 0.1) is 5.54 Å². The highest BCUT2D eigenvalue weighted by molar-refractivity contribution is 7.99. The van der Waals surface area contributed by atoms with E-state index in [0.29, 0.717) is 11.7 Å². The standard InChI is InChI=1S/C12H26N2OS/c1-9(2)10(3)16-8-6-5-7-12(4,14)11(13)15/h9-10H,5-8,14H2,1-4H3,(H2,13,15). The minimum atomic E-state index is -0.839. The molecule has 16 heavy (non-hydrogen) atoms. The third-order valence-corrected chi connectivity index (χ3v) is 4.57. The van der Waals surface area contributed by atoms with E-state index in [1.54, 1.807) is 6.92 Å². The number of amides is 1. The molecule has 0 aromatic carbocycles. The summed E-state index contributed by atoms with van der Waals surface area (Å²) in [6.07, 6.45) is 2.74.